The summed E-state index contributed by atoms with van der Waals surface area (Å²) in [5, 5.41) is 0. The molecule has 2 rings (SSSR count). The van der Waals surface area contributed by atoms with E-state index in [-0.39, 0.29) is 0 Å². The molecule has 0 aromatic heterocycles. The number of ether oxygens (including phenoxy) is 1. The number of epoxide rings is 1. The number of hydrogen-bond donors (Lipinski definition) is 0. The largest absolute Gasteiger partial charge is 0.417 e. The van der Waals surface area contributed by atoms with Crippen molar-refractivity contribution in [1.29, 1.82) is 0 Å². The van der Waals surface area contributed by atoms with Gasteiger partial charge in [0.25, 0.3) is 0 Å². The predicted octanol–water partition coefficient (Wildman–Crippen LogP) is 4.75. The zero-order valence-electron chi connectivity index (χ0n) is 13.4. The van der Waals surface area contributed by atoms with Gasteiger partial charge in [-0.2, -0.15) is 0 Å². The van der Waals surface area contributed by atoms with E-state index >= 15 is 0 Å². The first kappa shape index (κ1) is 15.5. The van der Waals surface area contributed by atoms with Gasteiger partial charge in [-0.15, -0.1) is 0 Å². The molecule has 3 atom stereocenters. The van der Waals surface area contributed by atoms with Gasteiger partial charge >= 0.3 is 0 Å². The first-order valence-corrected chi connectivity index (χ1v) is 10.6. The fraction of sp³-hybridized carbons (Fsp3) is 1.00. The maximum Gasteiger partial charge on any atom is 0.197 e. The fourth-order valence-corrected chi connectivity index (χ4v) is 8.79. The smallest absolute Gasteiger partial charge is 0.197 e. The maximum atomic E-state index is 6.39. The molecule has 1 saturated heterocycles. The highest BCUT2D eigenvalue weighted by molar-refractivity contribution is 6.76. The SMILES string of the molecule is CCO[Si](CCC1CCC2OC2C1)(C(C)C)C(C)C. The Bertz CT molecular complexity index is 282. The van der Waals surface area contributed by atoms with E-state index in [0.29, 0.717) is 12.2 Å². The topological polar surface area (TPSA) is 21.8 Å². The van der Waals surface area contributed by atoms with Crippen LogP contribution < -0.4 is 0 Å². The van der Waals surface area contributed by atoms with E-state index in [1.54, 1.807) is 0 Å². The molecular formula is C16H32O2Si. The van der Waals surface area contributed by atoms with Gasteiger partial charge < -0.3 is 9.16 Å². The summed E-state index contributed by atoms with van der Waals surface area (Å²) >= 11 is 0. The van der Waals surface area contributed by atoms with Crippen LogP contribution in [0, 0.1) is 5.92 Å². The van der Waals surface area contributed by atoms with Crippen molar-refractivity contribution in [3.05, 3.63) is 0 Å². The van der Waals surface area contributed by atoms with Crippen LogP contribution in [0.5, 0.6) is 0 Å². The Morgan fingerprint density at radius 1 is 1.11 bits per heavy atom. The molecule has 0 N–H and O–H groups in total. The van der Waals surface area contributed by atoms with Crippen LogP contribution in [0.25, 0.3) is 0 Å². The lowest BCUT2D eigenvalue weighted by molar-refractivity contribution is 0.294. The third-order valence-electron chi connectivity index (χ3n) is 5.42. The summed E-state index contributed by atoms with van der Waals surface area (Å²) in [7, 11) is -1.58. The number of fused-ring (bicyclic) bond motifs is 1. The van der Waals surface area contributed by atoms with Crippen LogP contribution >= 0.6 is 0 Å². The Morgan fingerprint density at radius 2 is 1.79 bits per heavy atom. The molecule has 0 aromatic rings. The number of hydrogen-bond acceptors (Lipinski definition) is 2. The standard InChI is InChI=1S/C16H32O2Si/c1-6-17-19(12(2)3,13(4)5)10-9-14-7-8-15-16(11-14)18-15/h12-16H,6-11H2,1-5H3. The predicted molar refractivity (Wildman–Crippen MR) is 83.0 cm³/mol. The maximum absolute atomic E-state index is 6.39. The third kappa shape index (κ3) is 3.42. The van der Waals surface area contributed by atoms with Crippen LogP contribution in [0.4, 0.5) is 0 Å². The van der Waals surface area contributed by atoms with E-state index in [0.717, 1.165) is 23.6 Å². The first-order chi connectivity index (χ1) is 8.99. The summed E-state index contributed by atoms with van der Waals surface area (Å²) in [5.74, 6) is 0.897. The van der Waals surface area contributed by atoms with Gasteiger partial charge in [-0.1, -0.05) is 34.1 Å². The molecule has 0 spiro atoms. The van der Waals surface area contributed by atoms with E-state index < -0.39 is 8.32 Å². The lowest BCUT2D eigenvalue weighted by Crippen LogP contribution is -2.45. The molecule has 0 bridgehead atoms. The minimum Gasteiger partial charge on any atom is -0.417 e. The molecule has 2 fully saturated rings. The van der Waals surface area contributed by atoms with Crippen LogP contribution in [0.1, 0.15) is 60.3 Å². The van der Waals surface area contributed by atoms with E-state index in [1.807, 2.05) is 0 Å². The van der Waals surface area contributed by atoms with Gasteiger partial charge in [-0.05, 0) is 49.2 Å². The van der Waals surface area contributed by atoms with Crippen LogP contribution in [0.15, 0.2) is 0 Å². The molecular weight excluding hydrogens is 252 g/mol. The lowest BCUT2D eigenvalue weighted by atomic mass is 9.87. The van der Waals surface area contributed by atoms with Crippen molar-refractivity contribution in [3.8, 4) is 0 Å². The minimum atomic E-state index is -1.58. The van der Waals surface area contributed by atoms with E-state index in [4.69, 9.17) is 9.16 Å². The second-order valence-corrected chi connectivity index (χ2v) is 12.1. The Hall–Kier alpha value is 0.137. The Balaban J connectivity index is 1.91. The molecule has 1 aliphatic carbocycles. The van der Waals surface area contributed by atoms with Crippen LogP contribution in [0.3, 0.4) is 0 Å². The van der Waals surface area contributed by atoms with Gasteiger partial charge in [-0.25, -0.2) is 0 Å². The molecule has 1 heterocycles. The highest BCUT2D eigenvalue weighted by Crippen LogP contribution is 2.44. The minimum absolute atomic E-state index is 0.625. The van der Waals surface area contributed by atoms with Crippen molar-refractivity contribution in [3.63, 3.8) is 0 Å². The van der Waals surface area contributed by atoms with Crippen molar-refractivity contribution < 1.29 is 9.16 Å². The zero-order valence-corrected chi connectivity index (χ0v) is 14.4. The molecule has 1 saturated carbocycles. The molecule has 112 valence electrons. The molecule has 1 aliphatic heterocycles. The van der Waals surface area contributed by atoms with Gasteiger partial charge in [0, 0.05) is 6.61 Å². The molecule has 0 radical (unpaired) electrons. The van der Waals surface area contributed by atoms with Crippen LogP contribution in [-0.4, -0.2) is 27.1 Å². The summed E-state index contributed by atoms with van der Waals surface area (Å²) in [5.41, 5.74) is 1.45. The second kappa shape index (κ2) is 6.27. The van der Waals surface area contributed by atoms with E-state index in [2.05, 4.69) is 34.6 Å². The third-order valence-corrected chi connectivity index (χ3v) is 11.2. The summed E-state index contributed by atoms with van der Waals surface area (Å²) in [4.78, 5) is 0. The van der Waals surface area contributed by atoms with Crippen molar-refractivity contribution in [2.24, 2.45) is 5.92 Å². The van der Waals surface area contributed by atoms with Crippen molar-refractivity contribution in [1.82, 2.24) is 0 Å². The summed E-state index contributed by atoms with van der Waals surface area (Å²) < 4.78 is 12.1. The summed E-state index contributed by atoms with van der Waals surface area (Å²) in [6, 6.07) is 1.35. The van der Waals surface area contributed by atoms with Crippen LogP contribution in [-0.2, 0) is 9.16 Å². The molecule has 3 unspecified atom stereocenters. The highest BCUT2D eigenvalue weighted by Gasteiger charge is 2.46. The lowest BCUT2D eigenvalue weighted by Gasteiger charge is -2.39. The Morgan fingerprint density at radius 3 is 2.32 bits per heavy atom. The average Bonchev–Trinajstić information content (AvgIpc) is 3.11. The van der Waals surface area contributed by atoms with Crippen molar-refractivity contribution in [2.75, 3.05) is 6.61 Å². The summed E-state index contributed by atoms with van der Waals surface area (Å²) in [6.07, 6.45) is 6.64. The second-order valence-electron chi connectivity index (χ2n) is 7.13. The fourth-order valence-electron chi connectivity index (χ4n) is 4.10. The van der Waals surface area contributed by atoms with Crippen molar-refractivity contribution >= 4 is 8.32 Å². The first-order valence-electron chi connectivity index (χ1n) is 8.29. The molecule has 2 aliphatic rings. The molecule has 3 heteroatoms. The molecule has 0 aromatic carbocycles. The van der Waals surface area contributed by atoms with Gasteiger partial charge in [-0.3, -0.25) is 0 Å². The Kier molecular flexibility index (Phi) is 5.13. The van der Waals surface area contributed by atoms with E-state index in [1.165, 1.54) is 31.7 Å². The van der Waals surface area contributed by atoms with E-state index in [9.17, 15) is 0 Å². The monoisotopic (exact) mass is 284 g/mol. The van der Waals surface area contributed by atoms with Gasteiger partial charge in [0.15, 0.2) is 8.32 Å². The van der Waals surface area contributed by atoms with Gasteiger partial charge in [0.05, 0.1) is 12.2 Å². The molecule has 19 heavy (non-hydrogen) atoms. The highest BCUT2D eigenvalue weighted by atomic mass is 28.4. The normalized spacial score (nSPS) is 30.8. The molecule has 2 nitrogen and oxygen atoms in total. The van der Waals surface area contributed by atoms with Crippen LogP contribution in [0.2, 0.25) is 17.1 Å². The molecule has 0 amide bonds. The van der Waals surface area contributed by atoms with Gasteiger partial charge in [0.1, 0.15) is 0 Å². The quantitative estimate of drug-likeness (QED) is 0.497. The van der Waals surface area contributed by atoms with Crippen molar-refractivity contribution in [2.45, 2.75) is 89.6 Å². The Labute approximate surface area is 120 Å². The number of rotatable bonds is 7. The average molecular weight is 285 g/mol. The zero-order chi connectivity index (χ0) is 14.0. The summed E-state index contributed by atoms with van der Waals surface area (Å²) in [6.45, 7) is 12.6. The van der Waals surface area contributed by atoms with Gasteiger partial charge in [0.2, 0.25) is 0 Å².